The predicted molar refractivity (Wildman–Crippen MR) is 174 cm³/mol. The van der Waals surface area contributed by atoms with E-state index >= 15 is 0 Å². The molecule has 230 valence electrons. The monoisotopic (exact) mass is 641 g/mol. The molecule has 1 unspecified atom stereocenters. The summed E-state index contributed by atoms with van der Waals surface area (Å²) in [5.74, 6) is 2.80. The summed E-state index contributed by atoms with van der Waals surface area (Å²) in [6, 6.07) is 15.8. The number of rotatable bonds is 12. The fraction of sp³-hybridized carbons (Fsp3) is 0.515. The molecular weight excluding hydrogens is 601 g/mol. The molecule has 3 aromatic rings. The van der Waals surface area contributed by atoms with Gasteiger partial charge in [-0.3, -0.25) is 14.2 Å². The van der Waals surface area contributed by atoms with Crippen LogP contribution in [0.4, 0.5) is 0 Å². The fourth-order valence-corrected chi connectivity index (χ4v) is 7.46. The second-order valence-corrected chi connectivity index (χ2v) is 13.6. The maximum Gasteiger partial charge on any atom is 0.222 e. The van der Waals surface area contributed by atoms with Gasteiger partial charge in [-0.2, -0.15) is 0 Å². The lowest BCUT2D eigenvalue weighted by Crippen LogP contribution is -2.55. The zero-order valence-corrected chi connectivity index (χ0v) is 27.2. The van der Waals surface area contributed by atoms with Crippen LogP contribution in [0.25, 0.3) is 5.69 Å². The van der Waals surface area contributed by atoms with E-state index in [-0.39, 0.29) is 17.9 Å². The molecule has 1 saturated heterocycles. The molecule has 2 aliphatic rings. The molecule has 10 heteroatoms. The molecule has 7 nitrogen and oxygen atoms in total. The molecule has 1 aliphatic carbocycles. The zero-order chi connectivity index (χ0) is 30.2. The van der Waals surface area contributed by atoms with Gasteiger partial charge in [0.1, 0.15) is 5.82 Å². The van der Waals surface area contributed by atoms with E-state index in [0.717, 1.165) is 53.2 Å². The third-order valence-electron chi connectivity index (χ3n) is 8.62. The molecule has 5 rings (SSSR count). The lowest BCUT2D eigenvalue weighted by atomic mass is 10.0. The van der Waals surface area contributed by atoms with Crippen molar-refractivity contribution in [1.29, 1.82) is 0 Å². The minimum atomic E-state index is 0.0714. The van der Waals surface area contributed by atoms with Gasteiger partial charge in [0.05, 0.1) is 15.7 Å². The minimum absolute atomic E-state index is 0.0714. The van der Waals surface area contributed by atoms with Gasteiger partial charge in [-0.25, -0.2) is 0 Å². The summed E-state index contributed by atoms with van der Waals surface area (Å²) in [5, 5.41) is 10.8. The van der Waals surface area contributed by atoms with Crippen molar-refractivity contribution in [2.45, 2.75) is 82.3 Å². The van der Waals surface area contributed by atoms with Crippen molar-refractivity contribution in [3.05, 3.63) is 70.0 Å². The number of piperazine rings is 1. The lowest BCUT2D eigenvalue weighted by Gasteiger charge is -2.40. The number of thioether (sulfide) groups is 1. The molecule has 2 amide bonds. The van der Waals surface area contributed by atoms with Gasteiger partial charge in [0, 0.05) is 50.7 Å². The minimum Gasteiger partial charge on any atom is -0.339 e. The van der Waals surface area contributed by atoms with Crippen LogP contribution in [-0.4, -0.2) is 67.8 Å². The zero-order valence-electron chi connectivity index (χ0n) is 24.9. The number of carbonyl (C=O) groups excluding carboxylic acids is 2. The van der Waals surface area contributed by atoms with E-state index in [4.69, 9.17) is 23.2 Å². The Morgan fingerprint density at radius 2 is 1.72 bits per heavy atom. The van der Waals surface area contributed by atoms with Crippen LogP contribution in [0, 0.1) is 5.92 Å². The quantitative estimate of drug-likeness (QED) is 0.152. The van der Waals surface area contributed by atoms with Gasteiger partial charge in [0.2, 0.25) is 11.8 Å². The SMILES string of the molecule is CC1CN(C(=O)CCCCSc2nnc(Cc3ccccc3)n2-c2ccc(Cl)c(Cl)c2)CCN1C(=O)CCC1CCCC1. The number of amides is 2. The van der Waals surface area contributed by atoms with Gasteiger partial charge in [-0.15, -0.1) is 10.2 Å². The fourth-order valence-electron chi connectivity index (χ4n) is 6.19. The van der Waals surface area contributed by atoms with Gasteiger partial charge in [-0.1, -0.05) is 91.0 Å². The third kappa shape index (κ3) is 8.55. The van der Waals surface area contributed by atoms with Crippen LogP contribution in [0.1, 0.15) is 76.1 Å². The highest BCUT2D eigenvalue weighted by molar-refractivity contribution is 7.99. The number of nitrogens with zero attached hydrogens (tertiary/aromatic N) is 5. The van der Waals surface area contributed by atoms with E-state index in [1.54, 1.807) is 17.8 Å². The van der Waals surface area contributed by atoms with Crippen molar-refractivity contribution in [2.24, 2.45) is 5.92 Å². The maximum atomic E-state index is 13.0. The van der Waals surface area contributed by atoms with Gasteiger partial charge in [0.15, 0.2) is 5.16 Å². The first-order valence-corrected chi connectivity index (χ1v) is 17.3. The number of hydrogen-bond acceptors (Lipinski definition) is 5. The molecule has 0 N–H and O–H groups in total. The van der Waals surface area contributed by atoms with Crippen LogP contribution in [-0.2, 0) is 16.0 Å². The Morgan fingerprint density at radius 3 is 2.47 bits per heavy atom. The van der Waals surface area contributed by atoms with Crippen molar-refractivity contribution < 1.29 is 9.59 Å². The summed E-state index contributed by atoms with van der Waals surface area (Å²) in [7, 11) is 0. The van der Waals surface area contributed by atoms with Crippen LogP contribution >= 0.6 is 35.0 Å². The van der Waals surface area contributed by atoms with E-state index < -0.39 is 0 Å². The Morgan fingerprint density at radius 1 is 0.930 bits per heavy atom. The van der Waals surface area contributed by atoms with E-state index in [0.29, 0.717) is 48.9 Å². The van der Waals surface area contributed by atoms with Crippen LogP contribution in [0.15, 0.2) is 53.7 Å². The van der Waals surface area contributed by atoms with E-state index in [2.05, 4.69) is 29.3 Å². The van der Waals surface area contributed by atoms with Gasteiger partial charge >= 0.3 is 0 Å². The molecule has 0 radical (unpaired) electrons. The Kier molecular flexibility index (Phi) is 11.4. The Hall–Kier alpha value is -2.55. The maximum absolute atomic E-state index is 13.0. The number of carbonyl (C=O) groups is 2. The van der Waals surface area contributed by atoms with Crippen LogP contribution in [0.3, 0.4) is 0 Å². The second-order valence-electron chi connectivity index (χ2n) is 11.8. The highest BCUT2D eigenvalue weighted by atomic mass is 35.5. The third-order valence-corrected chi connectivity index (χ3v) is 10.4. The van der Waals surface area contributed by atoms with Crippen molar-refractivity contribution in [3.8, 4) is 5.69 Å². The van der Waals surface area contributed by atoms with Crippen molar-refractivity contribution in [2.75, 3.05) is 25.4 Å². The average Bonchev–Trinajstić information content (AvgIpc) is 3.68. The topological polar surface area (TPSA) is 71.3 Å². The lowest BCUT2D eigenvalue weighted by molar-refractivity contribution is -0.142. The smallest absolute Gasteiger partial charge is 0.222 e. The number of aromatic nitrogens is 3. The first kappa shape index (κ1) is 31.9. The molecule has 43 heavy (non-hydrogen) atoms. The summed E-state index contributed by atoms with van der Waals surface area (Å²) in [6.07, 6.45) is 9.67. The first-order valence-electron chi connectivity index (χ1n) is 15.5. The summed E-state index contributed by atoms with van der Waals surface area (Å²) >= 11 is 14.2. The summed E-state index contributed by atoms with van der Waals surface area (Å²) < 4.78 is 2.04. The summed E-state index contributed by atoms with van der Waals surface area (Å²) in [4.78, 5) is 29.8. The van der Waals surface area contributed by atoms with Gasteiger partial charge < -0.3 is 9.80 Å². The van der Waals surface area contributed by atoms with E-state index in [9.17, 15) is 9.59 Å². The van der Waals surface area contributed by atoms with Crippen molar-refractivity contribution in [3.63, 3.8) is 0 Å². The molecule has 0 bridgehead atoms. The van der Waals surface area contributed by atoms with Crippen LogP contribution in [0.5, 0.6) is 0 Å². The highest BCUT2D eigenvalue weighted by Gasteiger charge is 2.30. The molecule has 2 aromatic carbocycles. The molecule has 1 aliphatic heterocycles. The molecule has 1 saturated carbocycles. The summed E-state index contributed by atoms with van der Waals surface area (Å²) in [6.45, 7) is 3.96. The van der Waals surface area contributed by atoms with Gasteiger partial charge in [0.25, 0.3) is 0 Å². The summed E-state index contributed by atoms with van der Waals surface area (Å²) in [5.41, 5.74) is 2.02. The standard InChI is InChI=1S/C33H41Cl2N5O2S/c1-24-23-38(18-19-39(24)32(42)17-14-25-9-5-6-10-25)31(41)13-7-8-20-43-33-37-36-30(21-26-11-3-2-4-12-26)40(33)27-15-16-28(34)29(35)22-27/h2-4,11-12,15-16,22,24-25H,5-10,13-14,17-21,23H2,1H3. The Bertz CT molecular complexity index is 1380. The molecule has 1 atom stereocenters. The highest BCUT2D eigenvalue weighted by Crippen LogP contribution is 2.30. The van der Waals surface area contributed by atoms with Crippen LogP contribution in [0.2, 0.25) is 10.0 Å². The average molecular weight is 643 g/mol. The molecule has 2 fully saturated rings. The number of hydrogen-bond donors (Lipinski definition) is 0. The Balaban J connectivity index is 1.09. The van der Waals surface area contributed by atoms with Gasteiger partial charge in [-0.05, 0) is 55.9 Å². The first-order chi connectivity index (χ1) is 20.9. The predicted octanol–water partition coefficient (Wildman–Crippen LogP) is 7.46. The van der Waals surface area contributed by atoms with E-state index in [1.165, 1.54) is 25.7 Å². The molecule has 0 spiro atoms. The van der Waals surface area contributed by atoms with Crippen LogP contribution < -0.4 is 0 Å². The van der Waals surface area contributed by atoms with E-state index in [1.807, 2.05) is 44.7 Å². The number of halogens is 2. The number of benzene rings is 2. The molecule has 1 aromatic heterocycles. The normalized spacial score (nSPS) is 17.5. The molecular formula is C33H41Cl2N5O2S. The van der Waals surface area contributed by atoms with Crippen molar-refractivity contribution in [1.82, 2.24) is 24.6 Å². The number of unbranched alkanes of at least 4 members (excludes halogenated alkanes) is 1. The Labute approximate surface area is 269 Å². The largest absolute Gasteiger partial charge is 0.339 e. The second kappa shape index (κ2) is 15.4. The van der Waals surface area contributed by atoms with Crippen molar-refractivity contribution >= 4 is 46.8 Å². The molecule has 2 heterocycles.